The third-order valence-corrected chi connectivity index (χ3v) is 4.10. The van der Waals surface area contributed by atoms with Gasteiger partial charge in [0.15, 0.2) is 0 Å². The van der Waals surface area contributed by atoms with E-state index in [1.807, 2.05) is 11.4 Å². The lowest BCUT2D eigenvalue weighted by molar-refractivity contribution is 0.499. The topological polar surface area (TPSA) is 12.0 Å². The van der Waals surface area contributed by atoms with E-state index in [1.165, 1.54) is 10.9 Å². The van der Waals surface area contributed by atoms with Crippen molar-refractivity contribution >= 4 is 22.9 Å². The molecule has 0 fully saturated rings. The number of benzene rings is 1. The van der Waals surface area contributed by atoms with Gasteiger partial charge in [-0.3, -0.25) is 0 Å². The van der Waals surface area contributed by atoms with Crippen LogP contribution in [0, 0.1) is 5.82 Å². The summed E-state index contributed by atoms with van der Waals surface area (Å²) in [5.74, 6) is -0.238. The fraction of sp³-hybridized carbons (Fsp3) is 0.333. The van der Waals surface area contributed by atoms with Crippen LogP contribution in [0.2, 0.25) is 5.02 Å². The first-order valence-corrected chi connectivity index (χ1v) is 7.67. The van der Waals surface area contributed by atoms with E-state index in [9.17, 15) is 4.39 Å². The van der Waals surface area contributed by atoms with Crippen molar-refractivity contribution in [2.45, 2.75) is 25.8 Å². The molecule has 0 saturated heterocycles. The highest BCUT2D eigenvalue weighted by atomic mass is 35.5. The Morgan fingerprint density at radius 2 is 2.21 bits per heavy atom. The lowest BCUT2D eigenvalue weighted by Gasteiger charge is -2.19. The van der Waals surface area contributed by atoms with Gasteiger partial charge in [-0.15, -0.1) is 11.3 Å². The molecular weight excluding hydrogens is 281 g/mol. The average Bonchev–Trinajstić information content (AvgIpc) is 2.88. The lowest BCUT2D eigenvalue weighted by Crippen LogP contribution is -2.24. The SMILES string of the molecule is CCCNC(Cc1cccs1)c1ccc(Cl)cc1F. The second kappa shape index (κ2) is 7.04. The Morgan fingerprint density at radius 3 is 2.84 bits per heavy atom. The summed E-state index contributed by atoms with van der Waals surface area (Å²) in [4.78, 5) is 1.25. The molecule has 1 aromatic heterocycles. The predicted octanol–water partition coefficient (Wildman–Crippen LogP) is 4.82. The fourth-order valence-corrected chi connectivity index (χ4v) is 2.94. The molecule has 19 heavy (non-hydrogen) atoms. The summed E-state index contributed by atoms with van der Waals surface area (Å²) >= 11 is 7.51. The molecule has 4 heteroatoms. The third-order valence-electron chi connectivity index (χ3n) is 2.96. The lowest BCUT2D eigenvalue weighted by atomic mass is 10.0. The van der Waals surface area contributed by atoms with Crippen molar-refractivity contribution in [2.24, 2.45) is 0 Å². The van der Waals surface area contributed by atoms with Crippen LogP contribution in [-0.2, 0) is 6.42 Å². The maximum Gasteiger partial charge on any atom is 0.129 e. The first-order chi connectivity index (χ1) is 9.20. The summed E-state index contributed by atoms with van der Waals surface area (Å²) in [7, 11) is 0. The minimum absolute atomic E-state index is 0.00383. The Kier molecular flexibility index (Phi) is 5.37. The van der Waals surface area contributed by atoms with E-state index in [4.69, 9.17) is 11.6 Å². The molecule has 1 unspecified atom stereocenters. The van der Waals surface area contributed by atoms with Gasteiger partial charge in [-0.2, -0.15) is 0 Å². The zero-order chi connectivity index (χ0) is 13.7. The molecule has 1 N–H and O–H groups in total. The van der Waals surface area contributed by atoms with Gasteiger partial charge in [0.1, 0.15) is 5.82 Å². The third kappa shape index (κ3) is 4.03. The molecule has 102 valence electrons. The van der Waals surface area contributed by atoms with Crippen molar-refractivity contribution in [2.75, 3.05) is 6.54 Å². The van der Waals surface area contributed by atoms with Crippen molar-refractivity contribution < 1.29 is 4.39 Å². The maximum absolute atomic E-state index is 14.0. The number of rotatable bonds is 6. The van der Waals surface area contributed by atoms with Crippen LogP contribution in [0.4, 0.5) is 4.39 Å². The van der Waals surface area contributed by atoms with E-state index in [0.29, 0.717) is 10.6 Å². The number of hydrogen-bond acceptors (Lipinski definition) is 2. The van der Waals surface area contributed by atoms with Crippen LogP contribution in [0.1, 0.15) is 29.8 Å². The maximum atomic E-state index is 14.0. The van der Waals surface area contributed by atoms with Gasteiger partial charge in [0.2, 0.25) is 0 Å². The monoisotopic (exact) mass is 297 g/mol. The smallest absolute Gasteiger partial charge is 0.129 e. The summed E-state index contributed by atoms with van der Waals surface area (Å²) in [6, 6.07) is 9.00. The van der Waals surface area contributed by atoms with E-state index in [-0.39, 0.29) is 11.9 Å². The van der Waals surface area contributed by atoms with Crippen LogP contribution < -0.4 is 5.32 Å². The van der Waals surface area contributed by atoms with Crippen molar-refractivity contribution in [3.8, 4) is 0 Å². The minimum atomic E-state index is -0.238. The van der Waals surface area contributed by atoms with E-state index in [1.54, 1.807) is 23.5 Å². The molecule has 2 rings (SSSR count). The molecule has 2 aromatic rings. The molecule has 0 spiro atoms. The first-order valence-electron chi connectivity index (χ1n) is 6.41. The fourth-order valence-electron chi connectivity index (χ4n) is 2.02. The quantitative estimate of drug-likeness (QED) is 0.806. The molecule has 0 aliphatic carbocycles. The number of hydrogen-bond donors (Lipinski definition) is 1. The molecule has 1 atom stereocenters. The highest BCUT2D eigenvalue weighted by Gasteiger charge is 2.16. The molecule has 0 aliphatic heterocycles. The Balaban J connectivity index is 2.20. The Labute approximate surface area is 122 Å². The van der Waals surface area contributed by atoms with Gasteiger partial charge in [-0.25, -0.2) is 4.39 Å². The molecule has 1 aromatic carbocycles. The predicted molar refractivity (Wildman–Crippen MR) is 80.5 cm³/mol. The Bertz CT molecular complexity index is 513. The Hall–Kier alpha value is -0.900. The van der Waals surface area contributed by atoms with Gasteiger partial charge in [0, 0.05) is 27.9 Å². The van der Waals surface area contributed by atoms with Gasteiger partial charge in [0.05, 0.1) is 0 Å². The number of thiophene rings is 1. The van der Waals surface area contributed by atoms with Crippen LogP contribution >= 0.6 is 22.9 Å². The Morgan fingerprint density at radius 1 is 1.37 bits per heavy atom. The standard InChI is InChI=1S/C15H17ClFNS/c1-2-7-18-15(10-12-4-3-8-19-12)13-6-5-11(16)9-14(13)17/h3-6,8-9,15,18H,2,7,10H2,1H3. The normalized spacial score (nSPS) is 12.6. The van der Waals surface area contributed by atoms with Crippen LogP contribution in [0.3, 0.4) is 0 Å². The van der Waals surface area contributed by atoms with Crippen molar-refractivity contribution in [1.29, 1.82) is 0 Å². The highest BCUT2D eigenvalue weighted by molar-refractivity contribution is 7.09. The van der Waals surface area contributed by atoms with Crippen LogP contribution in [0.5, 0.6) is 0 Å². The molecule has 0 saturated carbocycles. The average molecular weight is 298 g/mol. The highest BCUT2D eigenvalue weighted by Crippen LogP contribution is 2.25. The molecule has 0 radical (unpaired) electrons. The van der Waals surface area contributed by atoms with E-state index in [0.717, 1.165) is 19.4 Å². The second-order valence-corrected chi connectivity index (χ2v) is 5.92. The van der Waals surface area contributed by atoms with E-state index in [2.05, 4.69) is 18.3 Å². The summed E-state index contributed by atoms with van der Waals surface area (Å²) < 4.78 is 14.0. The summed E-state index contributed by atoms with van der Waals surface area (Å²) in [6.45, 7) is 2.98. The van der Waals surface area contributed by atoms with Gasteiger partial charge < -0.3 is 5.32 Å². The molecule has 1 heterocycles. The summed E-state index contributed by atoms with van der Waals surface area (Å²) in [5, 5.41) is 5.89. The molecule has 0 bridgehead atoms. The zero-order valence-electron chi connectivity index (χ0n) is 10.8. The van der Waals surface area contributed by atoms with E-state index >= 15 is 0 Å². The van der Waals surface area contributed by atoms with Gasteiger partial charge in [0.25, 0.3) is 0 Å². The number of nitrogens with one attached hydrogen (secondary N) is 1. The zero-order valence-corrected chi connectivity index (χ0v) is 12.4. The van der Waals surface area contributed by atoms with Crippen LogP contribution in [0.15, 0.2) is 35.7 Å². The van der Waals surface area contributed by atoms with Gasteiger partial charge in [-0.1, -0.05) is 30.7 Å². The molecule has 1 nitrogen and oxygen atoms in total. The molecule has 0 aliphatic rings. The molecular formula is C15H17ClFNS. The summed E-state index contributed by atoms with van der Waals surface area (Å²) in [5.41, 5.74) is 0.686. The van der Waals surface area contributed by atoms with Crippen molar-refractivity contribution in [1.82, 2.24) is 5.32 Å². The minimum Gasteiger partial charge on any atom is -0.310 e. The van der Waals surface area contributed by atoms with Gasteiger partial charge >= 0.3 is 0 Å². The first kappa shape index (κ1) is 14.5. The van der Waals surface area contributed by atoms with Gasteiger partial charge in [-0.05, 0) is 36.5 Å². The van der Waals surface area contributed by atoms with Crippen molar-refractivity contribution in [3.05, 3.63) is 57.0 Å². The second-order valence-electron chi connectivity index (χ2n) is 4.46. The largest absolute Gasteiger partial charge is 0.310 e. The van der Waals surface area contributed by atoms with Crippen LogP contribution in [-0.4, -0.2) is 6.54 Å². The van der Waals surface area contributed by atoms with Crippen LogP contribution in [0.25, 0.3) is 0 Å². The number of halogens is 2. The molecule has 0 amide bonds. The summed E-state index contributed by atoms with van der Waals surface area (Å²) in [6.07, 6.45) is 1.83. The van der Waals surface area contributed by atoms with E-state index < -0.39 is 0 Å². The van der Waals surface area contributed by atoms with Crippen molar-refractivity contribution in [3.63, 3.8) is 0 Å².